The van der Waals surface area contributed by atoms with Gasteiger partial charge in [0.1, 0.15) is 5.60 Å². The Morgan fingerprint density at radius 1 is 1.14 bits per heavy atom. The highest BCUT2D eigenvalue weighted by molar-refractivity contribution is 5.51. The Morgan fingerprint density at radius 3 is 2.38 bits per heavy atom. The summed E-state index contributed by atoms with van der Waals surface area (Å²) in [7, 11) is 2.09. The fourth-order valence-electron chi connectivity index (χ4n) is 5.12. The Labute approximate surface area is 174 Å². The molecule has 0 unspecified atom stereocenters. The Bertz CT molecular complexity index is 861. The van der Waals surface area contributed by atoms with Gasteiger partial charge in [0, 0.05) is 43.4 Å². The molecule has 2 fully saturated rings. The second-order valence-electron chi connectivity index (χ2n) is 9.54. The van der Waals surface area contributed by atoms with Crippen molar-refractivity contribution in [3.63, 3.8) is 0 Å². The van der Waals surface area contributed by atoms with Gasteiger partial charge in [-0.1, -0.05) is 45.0 Å². The fraction of sp³-hybridized carbons (Fsp3) is 0.542. The summed E-state index contributed by atoms with van der Waals surface area (Å²) in [6.45, 7) is 9.60. The molecule has 2 atom stereocenters. The van der Waals surface area contributed by atoms with Crippen LogP contribution in [-0.4, -0.2) is 59.4 Å². The SMILES string of the molecule is CC(C)c1ccc([C@](O)(c2cncc(N3CC[C@H](O)C3)c2)C2(C)CN(C)C2)cc1. The number of nitrogens with zero attached hydrogens (tertiary/aromatic N) is 3. The van der Waals surface area contributed by atoms with Crippen LogP contribution in [0.1, 0.15) is 49.8 Å². The molecular weight excluding hydrogens is 362 g/mol. The van der Waals surface area contributed by atoms with E-state index in [9.17, 15) is 10.2 Å². The molecule has 4 rings (SSSR count). The number of pyridine rings is 1. The zero-order valence-electron chi connectivity index (χ0n) is 18.0. The molecule has 0 radical (unpaired) electrons. The third-order valence-electron chi connectivity index (χ3n) is 6.78. The number of likely N-dealkylation sites (tertiary alicyclic amines) is 1. The zero-order chi connectivity index (χ0) is 20.8. The lowest BCUT2D eigenvalue weighted by atomic mass is 9.62. The minimum absolute atomic E-state index is 0.293. The monoisotopic (exact) mass is 395 g/mol. The highest BCUT2D eigenvalue weighted by Gasteiger charge is 2.55. The van der Waals surface area contributed by atoms with Gasteiger partial charge in [-0.3, -0.25) is 4.98 Å². The number of hydrogen-bond acceptors (Lipinski definition) is 5. The van der Waals surface area contributed by atoms with Gasteiger partial charge < -0.3 is 20.0 Å². The molecule has 1 aromatic heterocycles. The number of β-amino-alcohol motifs (C(OH)–C–C–N with tert-alkyl or cyclic N) is 1. The normalized spacial score (nSPS) is 23.8. The third kappa shape index (κ3) is 3.45. The molecule has 5 nitrogen and oxygen atoms in total. The molecule has 156 valence electrons. The van der Waals surface area contributed by atoms with E-state index in [1.807, 2.05) is 6.20 Å². The predicted octanol–water partition coefficient (Wildman–Crippen LogP) is 2.96. The van der Waals surface area contributed by atoms with Crippen LogP contribution in [0.25, 0.3) is 0 Å². The lowest BCUT2D eigenvalue weighted by Gasteiger charge is -2.56. The summed E-state index contributed by atoms with van der Waals surface area (Å²) in [5.41, 5.74) is 2.54. The zero-order valence-corrected chi connectivity index (χ0v) is 18.0. The highest BCUT2D eigenvalue weighted by atomic mass is 16.3. The van der Waals surface area contributed by atoms with Gasteiger partial charge in [-0.2, -0.15) is 0 Å². The summed E-state index contributed by atoms with van der Waals surface area (Å²) in [6, 6.07) is 10.5. The first-order valence-electron chi connectivity index (χ1n) is 10.6. The van der Waals surface area contributed by atoms with Crippen LogP contribution in [0, 0.1) is 5.41 Å². The first kappa shape index (κ1) is 20.3. The smallest absolute Gasteiger partial charge is 0.124 e. The molecule has 0 aliphatic carbocycles. The second-order valence-corrected chi connectivity index (χ2v) is 9.54. The van der Waals surface area contributed by atoms with Crippen LogP contribution in [-0.2, 0) is 5.60 Å². The van der Waals surface area contributed by atoms with Crippen LogP contribution in [0.5, 0.6) is 0 Å². The molecule has 2 aliphatic rings. The van der Waals surface area contributed by atoms with Crippen molar-refractivity contribution in [1.29, 1.82) is 0 Å². The number of anilines is 1. The third-order valence-corrected chi connectivity index (χ3v) is 6.78. The summed E-state index contributed by atoms with van der Waals surface area (Å²) < 4.78 is 0. The van der Waals surface area contributed by atoms with E-state index in [1.165, 1.54) is 5.56 Å². The largest absolute Gasteiger partial charge is 0.391 e. The average Bonchev–Trinajstić information content (AvgIpc) is 3.13. The van der Waals surface area contributed by atoms with E-state index in [4.69, 9.17) is 0 Å². The molecular formula is C24H33N3O2. The summed E-state index contributed by atoms with van der Waals surface area (Å²) in [4.78, 5) is 8.87. The number of aliphatic hydroxyl groups excluding tert-OH is 1. The summed E-state index contributed by atoms with van der Waals surface area (Å²) in [6.07, 6.45) is 4.11. The Balaban J connectivity index is 1.77. The van der Waals surface area contributed by atoms with Crippen LogP contribution in [0.4, 0.5) is 5.69 Å². The molecule has 3 heterocycles. The predicted molar refractivity (Wildman–Crippen MR) is 116 cm³/mol. The van der Waals surface area contributed by atoms with Crippen LogP contribution in [0.15, 0.2) is 42.7 Å². The van der Waals surface area contributed by atoms with Crippen molar-refractivity contribution in [3.8, 4) is 0 Å². The second kappa shape index (κ2) is 7.38. The Hall–Kier alpha value is -1.95. The van der Waals surface area contributed by atoms with E-state index >= 15 is 0 Å². The highest BCUT2D eigenvalue weighted by Crippen LogP contribution is 2.50. The number of benzene rings is 1. The molecule has 0 bridgehead atoms. The maximum absolute atomic E-state index is 12.3. The summed E-state index contributed by atoms with van der Waals surface area (Å²) >= 11 is 0. The van der Waals surface area contributed by atoms with Gasteiger partial charge in [-0.05, 0) is 36.6 Å². The van der Waals surface area contributed by atoms with Gasteiger partial charge >= 0.3 is 0 Å². The van der Waals surface area contributed by atoms with E-state index < -0.39 is 5.60 Å². The van der Waals surface area contributed by atoms with Gasteiger partial charge in [0.2, 0.25) is 0 Å². The van der Waals surface area contributed by atoms with Crippen LogP contribution >= 0.6 is 0 Å². The van der Waals surface area contributed by atoms with Gasteiger partial charge in [0.05, 0.1) is 18.0 Å². The molecule has 2 saturated heterocycles. The molecule has 1 aromatic carbocycles. The molecule has 2 N–H and O–H groups in total. The van der Waals surface area contributed by atoms with Gasteiger partial charge in [-0.15, -0.1) is 0 Å². The fourth-order valence-corrected chi connectivity index (χ4v) is 5.12. The van der Waals surface area contributed by atoms with Crippen molar-refractivity contribution >= 4 is 5.69 Å². The molecule has 0 spiro atoms. The first-order chi connectivity index (χ1) is 13.7. The minimum atomic E-state index is -1.13. The van der Waals surface area contributed by atoms with Crippen LogP contribution < -0.4 is 4.90 Å². The molecule has 0 amide bonds. The van der Waals surface area contributed by atoms with Crippen molar-refractivity contribution in [3.05, 3.63) is 59.4 Å². The van der Waals surface area contributed by atoms with E-state index in [2.05, 4.69) is 72.9 Å². The van der Waals surface area contributed by atoms with E-state index in [0.717, 1.165) is 42.9 Å². The summed E-state index contributed by atoms with van der Waals surface area (Å²) in [5, 5.41) is 22.2. The summed E-state index contributed by atoms with van der Waals surface area (Å²) in [5.74, 6) is 0.453. The number of aliphatic hydroxyl groups is 2. The minimum Gasteiger partial charge on any atom is -0.391 e. The molecule has 2 aliphatic heterocycles. The van der Waals surface area contributed by atoms with Crippen LogP contribution in [0.3, 0.4) is 0 Å². The maximum Gasteiger partial charge on any atom is 0.124 e. The number of rotatable bonds is 5. The van der Waals surface area contributed by atoms with E-state index in [1.54, 1.807) is 6.20 Å². The lowest BCUT2D eigenvalue weighted by molar-refractivity contribution is -0.127. The molecule has 2 aromatic rings. The van der Waals surface area contributed by atoms with Crippen molar-refractivity contribution in [1.82, 2.24) is 9.88 Å². The van der Waals surface area contributed by atoms with Gasteiger partial charge in [-0.25, -0.2) is 0 Å². The molecule has 0 saturated carbocycles. The average molecular weight is 396 g/mol. The van der Waals surface area contributed by atoms with E-state index in [-0.39, 0.29) is 11.5 Å². The van der Waals surface area contributed by atoms with Gasteiger partial charge in [0.25, 0.3) is 0 Å². The number of aromatic nitrogens is 1. The van der Waals surface area contributed by atoms with Crippen molar-refractivity contribution in [2.75, 3.05) is 38.1 Å². The van der Waals surface area contributed by atoms with Crippen molar-refractivity contribution < 1.29 is 10.2 Å². The standard InChI is InChI=1S/C24H33N3O2/c1-17(2)18-5-7-19(8-6-18)24(29,23(3)15-26(4)16-23)20-11-21(13-25-12-20)27-10-9-22(28)14-27/h5-8,11-13,17,22,28-29H,9-10,14-16H2,1-4H3/t22-,24-/m0/s1. The maximum atomic E-state index is 12.3. The van der Waals surface area contributed by atoms with Gasteiger partial charge in [0.15, 0.2) is 0 Å². The lowest BCUT2D eigenvalue weighted by Crippen LogP contribution is -2.63. The number of hydrogen-bond donors (Lipinski definition) is 2. The van der Waals surface area contributed by atoms with Crippen molar-refractivity contribution in [2.45, 2.75) is 44.8 Å². The Kier molecular flexibility index (Phi) is 5.18. The Morgan fingerprint density at radius 2 is 1.83 bits per heavy atom. The quantitative estimate of drug-likeness (QED) is 0.815. The van der Waals surface area contributed by atoms with E-state index in [0.29, 0.717) is 12.5 Å². The molecule has 5 heteroatoms. The molecule has 29 heavy (non-hydrogen) atoms. The van der Waals surface area contributed by atoms with Crippen LogP contribution in [0.2, 0.25) is 0 Å². The topological polar surface area (TPSA) is 59.8 Å². The van der Waals surface area contributed by atoms with Crippen molar-refractivity contribution in [2.24, 2.45) is 5.41 Å². The first-order valence-corrected chi connectivity index (χ1v) is 10.6.